The summed E-state index contributed by atoms with van der Waals surface area (Å²) in [4.78, 5) is 4.07. The largest absolute Gasteiger partial charge is 0.418 e. The molecule has 0 spiro atoms. The van der Waals surface area contributed by atoms with Gasteiger partial charge in [-0.25, -0.2) is 0 Å². The Hall–Kier alpha value is -1.43. The van der Waals surface area contributed by atoms with Crippen molar-refractivity contribution < 1.29 is 13.2 Å². The lowest BCUT2D eigenvalue weighted by Crippen LogP contribution is -2.46. The molecule has 0 unspecified atom stereocenters. The zero-order valence-electron chi connectivity index (χ0n) is 11.8. The lowest BCUT2D eigenvalue weighted by atomic mass is 10.1. The molecular formula is C14H20F3N3. The van der Waals surface area contributed by atoms with Gasteiger partial charge in [0.2, 0.25) is 0 Å². The van der Waals surface area contributed by atoms with Gasteiger partial charge in [0.15, 0.2) is 0 Å². The summed E-state index contributed by atoms with van der Waals surface area (Å²) in [5, 5.41) is 2.76. The third-order valence-electron chi connectivity index (χ3n) is 3.75. The Bertz CT molecular complexity index is 451. The Morgan fingerprint density at radius 1 is 1.15 bits per heavy atom. The normalized spacial score (nSPS) is 17.4. The molecule has 0 aliphatic carbocycles. The third kappa shape index (κ3) is 3.17. The Balaban J connectivity index is 2.27. The number of nitrogens with zero attached hydrogens (tertiary/aromatic N) is 2. The van der Waals surface area contributed by atoms with E-state index in [1.165, 1.54) is 6.07 Å². The first-order valence-corrected chi connectivity index (χ1v) is 6.82. The van der Waals surface area contributed by atoms with Crippen molar-refractivity contribution in [1.82, 2.24) is 4.90 Å². The quantitative estimate of drug-likeness (QED) is 0.922. The molecule has 3 nitrogen and oxygen atoms in total. The van der Waals surface area contributed by atoms with Gasteiger partial charge in [-0.15, -0.1) is 0 Å². The van der Waals surface area contributed by atoms with Crippen molar-refractivity contribution in [3.63, 3.8) is 0 Å². The van der Waals surface area contributed by atoms with Crippen LogP contribution in [0, 0.1) is 0 Å². The molecule has 1 aliphatic heterocycles. The Labute approximate surface area is 117 Å². The number of halogens is 3. The minimum Gasteiger partial charge on any atom is -0.388 e. The average Bonchev–Trinajstić information content (AvgIpc) is 2.46. The minimum atomic E-state index is -4.33. The molecule has 20 heavy (non-hydrogen) atoms. The van der Waals surface area contributed by atoms with Crippen LogP contribution in [0.15, 0.2) is 18.2 Å². The van der Waals surface area contributed by atoms with Crippen molar-refractivity contribution in [2.75, 3.05) is 50.0 Å². The number of hydrogen-bond donors (Lipinski definition) is 1. The number of hydrogen-bond acceptors (Lipinski definition) is 3. The molecule has 1 aliphatic rings. The number of nitrogens with one attached hydrogen (secondary N) is 1. The molecule has 6 heteroatoms. The first-order chi connectivity index (χ1) is 9.45. The zero-order valence-corrected chi connectivity index (χ0v) is 11.8. The van der Waals surface area contributed by atoms with E-state index in [2.05, 4.69) is 17.1 Å². The maximum absolute atomic E-state index is 13.2. The van der Waals surface area contributed by atoms with E-state index in [0.717, 1.165) is 19.6 Å². The fourth-order valence-electron chi connectivity index (χ4n) is 2.50. The molecule has 0 radical (unpaired) electrons. The van der Waals surface area contributed by atoms with Gasteiger partial charge in [0.1, 0.15) is 0 Å². The summed E-state index contributed by atoms with van der Waals surface area (Å²) in [7, 11) is 1.62. The van der Waals surface area contributed by atoms with E-state index < -0.39 is 11.7 Å². The summed E-state index contributed by atoms with van der Waals surface area (Å²) >= 11 is 0. The number of benzene rings is 1. The molecule has 1 N–H and O–H groups in total. The summed E-state index contributed by atoms with van der Waals surface area (Å²) in [6.45, 7) is 5.89. The molecule has 1 aromatic carbocycles. The Kier molecular flexibility index (Phi) is 4.42. The highest BCUT2D eigenvalue weighted by atomic mass is 19.4. The zero-order chi connectivity index (χ0) is 14.8. The number of rotatable bonds is 3. The number of likely N-dealkylation sites (N-methyl/N-ethyl adjacent to an activating group) is 1. The Morgan fingerprint density at radius 3 is 2.30 bits per heavy atom. The van der Waals surface area contributed by atoms with Gasteiger partial charge in [-0.1, -0.05) is 6.92 Å². The minimum absolute atomic E-state index is 0.284. The topological polar surface area (TPSA) is 18.5 Å². The van der Waals surface area contributed by atoms with Crippen LogP contribution in [0.3, 0.4) is 0 Å². The van der Waals surface area contributed by atoms with E-state index in [1.54, 1.807) is 19.2 Å². The van der Waals surface area contributed by atoms with E-state index >= 15 is 0 Å². The summed E-state index contributed by atoms with van der Waals surface area (Å²) in [6.07, 6.45) is -4.33. The lowest BCUT2D eigenvalue weighted by Gasteiger charge is -2.36. The van der Waals surface area contributed by atoms with Gasteiger partial charge >= 0.3 is 6.18 Å². The van der Waals surface area contributed by atoms with Crippen LogP contribution in [0.2, 0.25) is 0 Å². The second kappa shape index (κ2) is 5.91. The van der Waals surface area contributed by atoms with Gasteiger partial charge in [-0.3, -0.25) is 0 Å². The van der Waals surface area contributed by atoms with Crippen LogP contribution in [0.1, 0.15) is 12.5 Å². The second-order valence-electron chi connectivity index (χ2n) is 4.90. The van der Waals surface area contributed by atoms with E-state index in [-0.39, 0.29) is 5.69 Å². The highest BCUT2D eigenvalue weighted by Gasteiger charge is 2.35. The van der Waals surface area contributed by atoms with Crippen molar-refractivity contribution in [2.45, 2.75) is 13.1 Å². The van der Waals surface area contributed by atoms with Crippen molar-refractivity contribution in [1.29, 1.82) is 0 Å². The van der Waals surface area contributed by atoms with Crippen LogP contribution in [0.5, 0.6) is 0 Å². The van der Waals surface area contributed by atoms with Crippen LogP contribution in [-0.4, -0.2) is 44.7 Å². The van der Waals surface area contributed by atoms with Crippen molar-refractivity contribution in [3.8, 4) is 0 Å². The Morgan fingerprint density at radius 2 is 1.80 bits per heavy atom. The molecule has 1 saturated heterocycles. The predicted molar refractivity (Wildman–Crippen MR) is 75.3 cm³/mol. The number of anilines is 2. The van der Waals surface area contributed by atoms with Crippen LogP contribution in [0.25, 0.3) is 0 Å². The molecule has 0 bridgehead atoms. The van der Waals surface area contributed by atoms with E-state index in [9.17, 15) is 13.2 Å². The molecule has 0 saturated carbocycles. The molecule has 0 aromatic heterocycles. The lowest BCUT2D eigenvalue weighted by molar-refractivity contribution is -0.137. The van der Waals surface area contributed by atoms with Crippen molar-refractivity contribution in [3.05, 3.63) is 23.8 Å². The molecule has 112 valence electrons. The monoisotopic (exact) mass is 287 g/mol. The van der Waals surface area contributed by atoms with E-state index in [0.29, 0.717) is 18.8 Å². The summed E-state index contributed by atoms with van der Waals surface area (Å²) < 4.78 is 39.6. The average molecular weight is 287 g/mol. The fraction of sp³-hybridized carbons (Fsp3) is 0.571. The van der Waals surface area contributed by atoms with Crippen LogP contribution in [-0.2, 0) is 6.18 Å². The molecule has 2 rings (SSSR count). The molecule has 1 aromatic rings. The van der Waals surface area contributed by atoms with Gasteiger partial charge in [0, 0.05) is 44.6 Å². The highest BCUT2D eigenvalue weighted by Crippen LogP contribution is 2.38. The first kappa shape index (κ1) is 15.0. The molecular weight excluding hydrogens is 267 g/mol. The molecule has 0 atom stereocenters. The molecule has 0 amide bonds. The van der Waals surface area contributed by atoms with Crippen LogP contribution >= 0.6 is 0 Å². The maximum atomic E-state index is 13.2. The van der Waals surface area contributed by atoms with Gasteiger partial charge < -0.3 is 15.1 Å². The van der Waals surface area contributed by atoms with Gasteiger partial charge in [0.05, 0.1) is 5.56 Å². The fourth-order valence-corrected chi connectivity index (χ4v) is 2.50. The third-order valence-corrected chi connectivity index (χ3v) is 3.75. The molecule has 1 fully saturated rings. The summed E-state index contributed by atoms with van der Waals surface area (Å²) in [5.41, 5.74) is 0.204. The van der Waals surface area contributed by atoms with Gasteiger partial charge in [-0.05, 0) is 24.7 Å². The van der Waals surface area contributed by atoms with E-state index in [1.807, 2.05) is 4.90 Å². The number of piperazine rings is 1. The maximum Gasteiger partial charge on any atom is 0.418 e. The van der Waals surface area contributed by atoms with Crippen molar-refractivity contribution in [2.24, 2.45) is 0 Å². The SMILES string of the molecule is CCN1CCN(c2ccc(NC)cc2C(F)(F)F)CC1. The summed E-state index contributed by atoms with van der Waals surface area (Å²) in [6, 6.07) is 4.44. The standard InChI is InChI=1S/C14H20F3N3/c1-3-19-6-8-20(9-7-19)13-5-4-11(18-2)10-12(13)14(15,16)17/h4-5,10,18H,3,6-9H2,1-2H3. The predicted octanol–water partition coefficient (Wildman–Crippen LogP) is 2.89. The molecule has 1 heterocycles. The first-order valence-electron chi connectivity index (χ1n) is 6.82. The smallest absolute Gasteiger partial charge is 0.388 e. The van der Waals surface area contributed by atoms with E-state index in [4.69, 9.17) is 0 Å². The highest BCUT2D eigenvalue weighted by molar-refractivity contribution is 5.62. The van der Waals surface area contributed by atoms with Crippen molar-refractivity contribution >= 4 is 11.4 Å². The van der Waals surface area contributed by atoms with Crippen LogP contribution in [0.4, 0.5) is 24.5 Å². The second-order valence-corrected chi connectivity index (χ2v) is 4.90. The summed E-state index contributed by atoms with van der Waals surface area (Å²) in [5.74, 6) is 0. The van der Waals surface area contributed by atoms with Gasteiger partial charge in [-0.2, -0.15) is 13.2 Å². The number of alkyl halides is 3. The van der Waals surface area contributed by atoms with Gasteiger partial charge in [0.25, 0.3) is 0 Å². The van der Waals surface area contributed by atoms with Crippen LogP contribution < -0.4 is 10.2 Å².